The summed E-state index contributed by atoms with van der Waals surface area (Å²) in [6.07, 6.45) is 1.57. The van der Waals surface area contributed by atoms with Crippen LogP contribution in [0, 0.1) is 10.1 Å². The van der Waals surface area contributed by atoms with E-state index in [9.17, 15) is 14.9 Å². The van der Waals surface area contributed by atoms with Crippen LogP contribution in [0.15, 0.2) is 71.3 Å². The SMILES string of the molecule is CC(C)(C)c1ccc(CN(Cc2ccco2)C(=O)COc2ccc([N+](=O)[O-])cc2)cc1. The third-order valence-corrected chi connectivity index (χ3v) is 4.88. The van der Waals surface area contributed by atoms with Crippen molar-refractivity contribution in [3.05, 3.63) is 93.9 Å². The second-order valence-corrected chi connectivity index (χ2v) is 8.32. The molecule has 31 heavy (non-hydrogen) atoms. The summed E-state index contributed by atoms with van der Waals surface area (Å²) in [4.78, 5) is 24.8. The van der Waals surface area contributed by atoms with Crippen molar-refractivity contribution in [2.24, 2.45) is 0 Å². The van der Waals surface area contributed by atoms with Gasteiger partial charge in [-0.15, -0.1) is 0 Å². The monoisotopic (exact) mass is 422 g/mol. The summed E-state index contributed by atoms with van der Waals surface area (Å²) in [6, 6.07) is 17.5. The maximum Gasteiger partial charge on any atom is 0.269 e. The zero-order valence-electron chi connectivity index (χ0n) is 17.9. The van der Waals surface area contributed by atoms with Crippen molar-refractivity contribution >= 4 is 11.6 Å². The van der Waals surface area contributed by atoms with Crippen molar-refractivity contribution in [3.8, 4) is 5.75 Å². The molecule has 1 aromatic heterocycles. The lowest BCUT2D eigenvalue weighted by Crippen LogP contribution is -2.34. The molecule has 0 radical (unpaired) electrons. The second-order valence-electron chi connectivity index (χ2n) is 8.32. The van der Waals surface area contributed by atoms with Crippen molar-refractivity contribution in [2.45, 2.75) is 39.3 Å². The lowest BCUT2D eigenvalue weighted by atomic mass is 9.87. The average molecular weight is 422 g/mol. The topological polar surface area (TPSA) is 85.8 Å². The number of amides is 1. The van der Waals surface area contributed by atoms with E-state index in [0.717, 1.165) is 5.56 Å². The Bertz CT molecular complexity index is 1000. The van der Waals surface area contributed by atoms with Crippen LogP contribution in [0.5, 0.6) is 5.75 Å². The quantitative estimate of drug-likeness (QED) is 0.373. The average Bonchev–Trinajstić information content (AvgIpc) is 3.25. The molecule has 0 saturated heterocycles. The van der Waals surface area contributed by atoms with Crippen LogP contribution < -0.4 is 4.74 Å². The van der Waals surface area contributed by atoms with Crippen molar-refractivity contribution in [3.63, 3.8) is 0 Å². The van der Waals surface area contributed by atoms with Crippen LogP contribution in [0.3, 0.4) is 0 Å². The van der Waals surface area contributed by atoms with Gasteiger partial charge >= 0.3 is 0 Å². The highest BCUT2D eigenvalue weighted by molar-refractivity contribution is 5.77. The molecule has 0 saturated carbocycles. The van der Waals surface area contributed by atoms with Crippen LogP contribution in [0.1, 0.15) is 37.7 Å². The lowest BCUT2D eigenvalue weighted by molar-refractivity contribution is -0.384. The van der Waals surface area contributed by atoms with E-state index in [2.05, 4.69) is 32.9 Å². The van der Waals surface area contributed by atoms with Crippen LogP contribution in [-0.4, -0.2) is 22.3 Å². The largest absolute Gasteiger partial charge is 0.484 e. The third-order valence-electron chi connectivity index (χ3n) is 4.88. The number of benzene rings is 2. The first-order valence-corrected chi connectivity index (χ1v) is 9.99. The van der Waals surface area contributed by atoms with E-state index in [0.29, 0.717) is 24.6 Å². The van der Waals surface area contributed by atoms with Crippen molar-refractivity contribution in [1.29, 1.82) is 0 Å². The molecule has 1 heterocycles. The summed E-state index contributed by atoms with van der Waals surface area (Å²) in [5, 5.41) is 10.8. The van der Waals surface area contributed by atoms with Gasteiger partial charge in [0.05, 0.1) is 17.7 Å². The molecule has 0 atom stereocenters. The molecular weight excluding hydrogens is 396 g/mol. The van der Waals surface area contributed by atoms with Crippen LogP contribution in [0.4, 0.5) is 5.69 Å². The highest BCUT2D eigenvalue weighted by atomic mass is 16.6. The summed E-state index contributed by atoms with van der Waals surface area (Å²) in [5.41, 5.74) is 2.25. The number of ether oxygens (including phenoxy) is 1. The van der Waals surface area contributed by atoms with Gasteiger partial charge in [-0.05, 0) is 40.8 Å². The minimum absolute atomic E-state index is 0.0307. The van der Waals surface area contributed by atoms with E-state index < -0.39 is 4.92 Å². The molecule has 2 aromatic carbocycles. The minimum Gasteiger partial charge on any atom is -0.484 e. The number of hydrogen-bond acceptors (Lipinski definition) is 5. The zero-order chi connectivity index (χ0) is 22.4. The number of hydrogen-bond donors (Lipinski definition) is 0. The molecular formula is C24H26N2O5. The standard InChI is InChI=1S/C24H26N2O5/c1-24(2,3)19-8-6-18(7-9-19)15-25(16-22-5-4-14-30-22)23(27)17-31-21-12-10-20(11-13-21)26(28)29/h4-14H,15-17H2,1-3H3. The molecule has 0 N–H and O–H groups in total. The number of rotatable bonds is 8. The number of nitro groups is 1. The molecule has 0 bridgehead atoms. The Labute approximate surface area is 181 Å². The fourth-order valence-electron chi connectivity index (χ4n) is 3.05. The Balaban J connectivity index is 1.69. The summed E-state index contributed by atoms with van der Waals surface area (Å²) >= 11 is 0. The van der Waals surface area contributed by atoms with Gasteiger partial charge < -0.3 is 14.1 Å². The molecule has 0 unspecified atom stereocenters. The Morgan fingerprint density at radius 3 is 2.26 bits per heavy atom. The summed E-state index contributed by atoms with van der Waals surface area (Å²) in [7, 11) is 0. The van der Waals surface area contributed by atoms with Gasteiger partial charge in [0.2, 0.25) is 0 Å². The first-order valence-electron chi connectivity index (χ1n) is 9.99. The van der Waals surface area contributed by atoms with Gasteiger partial charge in [0.15, 0.2) is 6.61 Å². The zero-order valence-corrected chi connectivity index (χ0v) is 17.9. The molecule has 0 aliphatic rings. The Kier molecular flexibility index (Phi) is 6.74. The molecule has 162 valence electrons. The summed E-state index contributed by atoms with van der Waals surface area (Å²) < 4.78 is 11.0. The highest BCUT2D eigenvalue weighted by Gasteiger charge is 2.18. The van der Waals surface area contributed by atoms with Gasteiger partial charge in [-0.1, -0.05) is 45.0 Å². The third kappa shape index (κ3) is 6.18. The molecule has 0 aliphatic carbocycles. The molecule has 0 spiro atoms. The molecule has 3 rings (SSSR count). The van der Waals surface area contributed by atoms with Crippen LogP contribution >= 0.6 is 0 Å². The van der Waals surface area contributed by atoms with E-state index in [1.54, 1.807) is 17.2 Å². The van der Waals surface area contributed by atoms with Crippen LogP contribution in [0.25, 0.3) is 0 Å². The van der Waals surface area contributed by atoms with Gasteiger partial charge in [-0.3, -0.25) is 14.9 Å². The smallest absolute Gasteiger partial charge is 0.269 e. The van der Waals surface area contributed by atoms with Crippen molar-refractivity contribution in [2.75, 3.05) is 6.61 Å². The fraction of sp³-hybridized carbons (Fsp3) is 0.292. The summed E-state index contributed by atoms with van der Waals surface area (Å²) in [6.45, 7) is 7.02. The molecule has 1 amide bonds. The second kappa shape index (κ2) is 9.47. The predicted molar refractivity (Wildman–Crippen MR) is 117 cm³/mol. The van der Waals surface area contributed by atoms with Crippen LogP contribution in [0.2, 0.25) is 0 Å². The molecule has 3 aromatic rings. The first kappa shape index (κ1) is 22.1. The Morgan fingerprint density at radius 1 is 1.03 bits per heavy atom. The fourth-order valence-corrected chi connectivity index (χ4v) is 3.05. The molecule has 7 nitrogen and oxygen atoms in total. The number of carbonyl (C=O) groups excluding carboxylic acids is 1. The highest BCUT2D eigenvalue weighted by Crippen LogP contribution is 2.23. The van der Waals surface area contributed by atoms with Crippen LogP contribution in [-0.2, 0) is 23.3 Å². The molecule has 0 fully saturated rings. The number of nitro benzene ring substituents is 1. The van der Waals surface area contributed by atoms with Gasteiger partial charge in [-0.2, -0.15) is 0 Å². The maximum atomic E-state index is 12.9. The predicted octanol–water partition coefficient (Wildman–Crippen LogP) is 5.09. The molecule has 0 aliphatic heterocycles. The van der Waals surface area contributed by atoms with Gasteiger partial charge in [0, 0.05) is 18.7 Å². The number of non-ortho nitro benzene ring substituents is 1. The van der Waals surface area contributed by atoms with E-state index in [1.807, 2.05) is 18.2 Å². The van der Waals surface area contributed by atoms with E-state index in [4.69, 9.17) is 9.15 Å². The van der Waals surface area contributed by atoms with Gasteiger partial charge in [0.25, 0.3) is 11.6 Å². The minimum atomic E-state index is -0.481. The van der Waals surface area contributed by atoms with E-state index in [1.165, 1.54) is 29.8 Å². The number of furan rings is 1. The Hall–Kier alpha value is -3.61. The molecule has 7 heteroatoms. The summed E-state index contributed by atoms with van der Waals surface area (Å²) in [5.74, 6) is 0.857. The normalized spacial score (nSPS) is 11.2. The number of nitrogens with zero attached hydrogens (tertiary/aromatic N) is 2. The lowest BCUT2D eigenvalue weighted by Gasteiger charge is -2.23. The van der Waals surface area contributed by atoms with E-state index >= 15 is 0 Å². The van der Waals surface area contributed by atoms with Gasteiger partial charge in [0.1, 0.15) is 11.5 Å². The first-order chi connectivity index (χ1) is 14.7. The van der Waals surface area contributed by atoms with Gasteiger partial charge in [-0.25, -0.2) is 0 Å². The Morgan fingerprint density at radius 2 is 1.71 bits per heavy atom. The van der Waals surface area contributed by atoms with Crippen molar-refractivity contribution in [1.82, 2.24) is 4.90 Å². The van der Waals surface area contributed by atoms with E-state index in [-0.39, 0.29) is 23.6 Å². The maximum absolute atomic E-state index is 12.9. The van der Waals surface area contributed by atoms with Crippen molar-refractivity contribution < 1.29 is 18.9 Å². The number of carbonyl (C=O) groups is 1.